The predicted molar refractivity (Wildman–Crippen MR) is 75.8 cm³/mol. The lowest BCUT2D eigenvalue weighted by atomic mass is 10.1. The number of carbonyl (C=O) groups excluding carboxylic acids is 1. The number of halogens is 1. The van der Waals surface area contributed by atoms with Crippen LogP contribution in [0, 0.1) is 6.92 Å². The van der Waals surface area contributed by atoms with E-state index in [2.05, 4.69) is 5.16 Å². The molecule has 5 nitrogen and oxygen atoms in total. The van der Waals surface area contributed by atoms with E-state index in [1.807, 2.05) is 20.8 Å². The van der Waals surface area contributed by atoms with E-state index in [1.165, 1.54) is 4.90 Å². The van der Waals surface area contributed by atoms with Crippen LogP contribution in [0.3, 0.4) is 0 Å². The zero-order chi connectivity index (χ0) is 14.6. The van der Waals surface area contributed by atoms with Gasteiger partial charge in [-0.25, -0.2) is 0 Å². The molecule has 0 aliphatic heterocycles. The average molecular weight is 284 g/mol. The first-order chi connectivity index (χ1) is 8.86. The molecule has 0 spiro atoms. The number of aryl methyl sites for hydroxylation is 1. The lowest BCUT2D eigenvalue weighted by Gasteiger charge is -2.26. The van der Waals surface area contributed by atoms with Gasteiger partial charge in [0.05, 0.1) is 6.54 Å². The summed E-state index contributed by atoms with van der Waals surface area (Å²) in [6, 6.07) is 5.07. The van der Waals surface area contributed by atoms with Crippen LogP contribution in [-0.2, 0) is 0 Å². The van der Waals surface area contributed by atoms with Crippen molar-refractivity contribution < 1.29 is 10.0 Å². The first-order valence-corrected chi connectivity index (χ1v) is 6.28. The highest BCUT2D eigenvalue weighted by molar-refractivity contribution is 6.31. The van der Waals surface area contributed by atoms with Gasteiger partial charge in [0, 0.05) is 16.6 Å². The van der Waals surface area contributed by atoms with Gasteiger partial charge in [0.1, 0.15) is 0 Å². The Morgan fingerprint density at radius 2 is 2.16 bits per heavy atom. The smallest absolute Gasteiger partial charge is 0.254 e. The molecule has 0 atom stereocenters. The number of nitrogens with two attached hydrogens (primary N) is 1. The molecule has 1 aromatic rings. The molecule has 0 radical (unpaired) electrons. The highest BCUT2D eigenvalue weighted by atomic mass is 35.5. The van der Waals surface area contributed by atoms with Crippen LogP contribution >= 0.6 is 11.6 Å². The van der Waals surface area contributed by atoms with E-state index < -0.39 is 0 Å². The molecule has 0 aromatic heterocycles. The lowest BCUT2D eigenvalue weighted by Crippen LogP contribution is -2.43. The minimum absolute atomic E-state index is 0.0123. The van der Waals surface area contributed by atoms with Crippen molar-refractivity contribution >= 4 is 23.3 Å². The summed E-state index contributed by atoms with van der Waals surface area (Å²) in [6.07, 6.45) is 0. The zero-order valence-corrected chi connectivity index (χ0v) is 12.0. The number of hydrogen-bond acceptors (Lipinski definition) is 3. The molecule has 0 aliphatic rings. The third-order valence-corrected chi connectivity index (χ3v) is 3.01. The Morgan fingerprint density at radius 3 is 2.68 bits per heavy atom. The number of amides is 1. The maximum atomic E-state index is 12.5. The Balaban J connectivity index is 3.09. The van der Waals surface area contributed by atoms with Gasteiger partial charge in [0.2, 0.25) is 0 Å². The Morgan fingerprint density at radius 1 is 1.53 bits per heavy atom. The van der Waals surface area contributed by atoms with Gasteiger partial charge < -0.3 is 15.8 Å². The van der Waals surface area contributed by atoms with Crippen LogP contribution in [0.1, 0.15) is 29.8 Å². The van der Waals surface area contributed by atoms with Crippen molar-refractivity contribution in [2.75, 3.05) is 6.54 Å². The van der Waals surface area contributed by atoms with Crippen molar-refractivity contribution in [2.45, 2.75) is 26.8 Å². The summed E-state index contributed by atoms with van der Waals surface area (Å²) in [5.41, 5.74) is 6.83. The second kappa shape index (κ2) is 6.43. The Labute approximate surface area is 117 Å². The summed E-state index contributed by atoms with van der Waals surface area (Å²) in [4.78, 5) is 14.0. The summed E-state index contributed by atoms with van der Waals surface area (Å²) in [5.74, 6) is -0.205. The maximum absolute atomic E-state index is 12.5. The number of benzene rings is 1. The second-order valence-corrected chi connectivity index (χ2v) is 5.01. The van der Waals surface area contributed by atoms with Crippen molar-refractivity contribution in [3.8, 4) is 0 Å². The fourth-order valence-corrected chi connectivity index (χ4v) is 1.85. The normalized spacial score (nSPS) is 11.7. The average Bonchev–Trinajstić information content (AvgIpc) is 2.37. The Kier molecular flexibility index (Phi) is 5.18. The topological polar surface area (TPSA) is 78.9 Å². The molecule has 0 unspecified atom stereocenters. The van der Waals surface area contributed by atoms with E-state index in [-0.39, 0.29) is 24.3 Å². The molecule has 6 heteroatoms. The van der Waals surface area contributed by atoms with Gasteiger partial charge in [-0.2, -0.15) is 0 Å². The molecule has 1 rings (SSSR count). The monoisotopic (exact) mass is 283 g/mol. The molecule has 0 bridgehead atoms. The van der Waals surface area contributed by atoms with Gasteiger partial charge in [-0.15, -0.1) is 0 Å². The summed E-state index contributed by atoms with van der Waals surface area (Å²) >= 11 is 5.92. The van der Waals surface area contributed by atoms with Crippen LogP contribution in [0.15, 0.2) is 23.4 Å². The van der Waals surface area contributed by atoms with Gasteiger partial charge in [-0.05, 0) is 38.5 Å². The van der Waals surface area contributed by atoms with Crippen LogP contribution in [0.4, 0.5) is 0 Å². The Bertz CT molecular complexity index is 501. The van der Waals surface area contributed by atoms with Crippen LogP contribution in [0.2, 0.25) is 5.02 Å². The van der Waals surface area contributed by atoms with E-state index in [1.54, 1.807) is 18.2 Å². The molecule has 0 saturated heterocycles. The van der Waals surface area contributed by atoms with Crippen LogP contribution in [-0.4, -0.2) is 34.4 Å². The molecule has 0 saturated carbocycles. The van der Waals surface area contributed by atoms with E-state index in [0.717, 1.165) is 5.56 Å². The summed E-state index contributed by atoms with van der Waals surface area (Å²) in [5, 5.41) is 12.0. The largest absolute Gasteiger partial charge is 0.409 e. The van der Waals surface area contributed by atoms with E-state index in [4.69, 9.17) is 22.5 Å². The molecule has 3 N–H and O–H groups in total. The molecule has 1 aromatic carbocycles. The summed E-state index contributed by atoms with van der Waals surface area (Å²) < 4.78 is 0. The van der Waals surface area contributed by atoms with Crippen molar-refractivity contribution in [2.24, 2.45) is 10.9 Å². The van der Waals surface area contributed by atoms with Crippen molar-refractivity contribution in [1.82, 2.24) is 4.90 Å². The van der Waals surface area contributed by atoms with Crippen LogP contribution < -0.4 is 5.73 Å². The molecule has 0 heterocycles. The minimum atomic E-state index is -0.193. The molecular weight excluding hydrogens is 266 g/mol. The molecular formula is C13H18ClN3O2. The highest BCUT2D eigenvalue weighted by Crippen LogP contribution is 2.18. The molecule has 19 heavy (non-hydrogen) atoms. The van der Waals surface area contributed by atoms with Crippen molar-refractivity contribution in [1.29, 1.82) is 0 Å². The fraction of sp³-hybridized carbons (Fsp3) is 0.385. The Hall–Kier alpha value is -1.75. The third kappa shape index (κ3) is 3.86. The SMILES string of the molecule is Cc1ccc(Cl)cc1C(=O)N(C/C(N)=N/O)C(C)C. The zero-order valence-electron chi connectivity index (χ0n) is 11.2. The molecule has 0 aliphatic carbocycles. The number of rotatable bonds is 4. The number of oxime groups is 1. The highest BCUT2D eigenvalue weighted by Gasteiger charge is 2.21. The standard InChI is InChI=1S/C13H18ClN3O2/c1-8(2)17(7-12(15)16-19)13(18)11-6-10(14)5-4-9(11)3/h4-6,8,19H,7H2,1-3H3,(H2,15,16). The van der Waals surface area contributed by atoms with Gasteiger partial charge in [0.15, 0.2) is 5.84 Å². The number of hydrogen-bond donors (Lipinski definition) is 2. The van der Waals surface area contributed by atoms with Crippen LogP contribution in [0.5, 0.6) is 0 Å². The quantitative estimate of drug-likeness (QED) is 0.385. The first kappa shape index (κ1) is 15.3. The molecule has 1 amide bonds. The number of amidine groups is 1. The van der Waals surface area contributed by atoms with E-state index in [9.17, 15) is 4.79 Å². The van der Waals surface area contributed by atoms with Gasteiger partial charge in [0.25, 0.3) is 5.91 Å². The second-order valence-electron chi connectivity index (χ2n) is 4.58. The van der Waals surface area contributed by atoms with Crippen molar-refractivity contribution in [3.05, 3.63) is 34.3 Å². The molecule has 0 fully saturated rings. The number of carbonyl (C=O) groups is 1. The van der Waals surface area contributed by atoms with Gasteiger partial charge in [-0.1, -0.05) is 22.8 Å². The molecule has 104 valence electrons. The van der Waals surface area contributed by atoms with Crippen molar-refractivity contribution in [3.63, 3.8) is 0 Å². The maximum Gasteiger partial charge on any atom is 0.254 e. The van der Waals surface area contributed by atoms with Gasteiger partial charge in [-0.3, -0.25) is 4.79 Å². The van der Waals surface area contributed by atoms with E-state index in [0.29, 0.717) is 10.6 Å². The first-order valence-electron chi connectivity index (χ1n) is 5.90. The van der Waals surface area contributed by atoms with Crippen LogP contribution in [0.25, 0.3) is 0 Å². The summed E-state index contributed by atoms with van der Waals surface area (Å²) in [7, 11) is 0. The third-order valence-electron chi connectivity index (χ3n) is 2.78. The minimum Gasteiger partial charge on any atom is -0.409 e. The number of nitrogens with zero attached hydrogens (tertiary/aromatic N) is 2. The lowest BCUT2D eigenvalue weighted by molar-refractivity contribution is 0.0733. The van der Waals surface area contributed by atoms with E-state index >= 15 is 0 Å². The summed E-state index contributed by atoms with van der Waals surface area (Å²) in [6.45, 7) is 5.63. The fourth-order valence-electron chi connectivity index (χ4n) is 1.67. The van der Waals surface area contributed by atoms with Gasteiger partial charge >= 0.3 is 0 Å². The predicted octanol–water partition coefficient (Wildman–Crippen LogP) is 2.25.